The highest BCUT2D eigenvalue weighted by Crippen LogP contribution is 2.32. The van der Waals surface area contributed by atoms with Crippen LogP contribution in [0, 0.1) is 0 Å². The zero-order valence-corrected chi connectivity index (χ0v) is 17.1. The lowest BCUT2D eigenvalue weighted by Crippen LogP contribution is -2.01. The molecule has 2 heterocycles. The van der Waals surface area contributed by atoms with Crippen molar-refractivity contribution < 1.29 is 4.74 Å². The molecule has 0 aliphatic rings. The van der Waals surface area contributed by atoms with Gasteiger partial charge in [0.05, 0.1) is 12.1 Å². The zero-order valence-electron chi connectivity index (χ0n) is 14.2. The van der Waals surface area contributed by atoms with E-state index in [0.717, 1.165) is 51.7 Å². The topological polar surface area (TPSA) is 55.7 Å². The Labute approximate surface area is 165 Å². The summed E-state index contributed by atoms with van der Waals surface area (Å²) in [5, 5.41) is 5.41. The van der Waals surface area contributed by atoms with Crippen molar-refractivity contribution in [2.45, 2.75) is 37.7 Å². The van der Waals surface area contributed by atoms with Gasteiger partial charge < -0.3 is 9.72 Å². The second kappa shape index (κ2) is 8.23. The average molecular weight is 471 g/mol. The molecule has 0 fully saturated rings. The molecule has 0 radical (unpaired) electrons. The van der Waals surface area contributed by atoms with Gasteiger partial charge in [-0.15, -0.1) is 0 Å². The van der Waals surface area contributed by atoms with E-state index in [4.69, 9.17) is 21.4 Å². The summed E-state index contributed by atoms with van der Waals surface area (Å²) in [6, 6.07) is 5.83. The van der Waals surface area contributed by atoms with Crippen molar-refractivity contribution in [2.24, 2.45) is 0 Å². The van der Waals surface area contributed by atoms with Crippen LogP contribution in [0.15, 0.2) is 30.6 Å². The molecule has 0 saturated heterocycles. The number of nitrogens with zero attached hydrogens (tertiary/aromatic N) is 3. The number of hydrogen-bond donors (Lipinski definition) is 1. The molecule has 132 valence electrons. The lowest BCUT2D eigenvalue weighted by molar-refractivity contribution is 0.412. The largest absolute Gasteiger partial charge is 0.439 e. The molecule has 1 aromatic carbocycles. The third-order valence-corrected chi connectivity index (χ3v) is 5.02. The Balaban J connectivity index is 1.97. The van der Waals surface area contributed by atoms with E-state index in [0.29, 0.717) is 11.4 Å². The van der Waals surface area contributed by atoms with Gasteiger partial charge >= 0.3 is 0 Å². The van der Waals surface area contributed by atoms with E-state index < -0.39 is 0 Å². The first kappa shape index (κ1) is 18.3. The number of alkyl halides is 1. The highest BCUT2D eigenvalue weighted by Gasteiger charge is 2.19. The maximum atomic E-state index is 6.23. The first-order valence-corrected chi connectivity index (χ1v) is 10.1. The molecular weight excluding hydrogens is 451 g/mol. The number of aromatic amines is 1. The Bertz CT molecular complexity index is 845. The van der Waals surface area contributed by atoms with Crippen molar-refractivity contribution in [3.63, 3.8) is 0 Å². The fourth-order valence-corrected chi connectivity index (χ4v) is 3.47. The van der Waals surface area contributed by atoms with Gasteiger partial charge in [-0.25, -0.2) is 9.67 Å². The predicted molar refractivity (Wildman–Crippen MR) is 108 cm³/mol. The van der Waals surface area contributed by atoms with Crippen LogP contribution in [-0.2, 0) is 23.8 Å². The van der Waals surface area contributed by atoms with Gasteiger partial charge in [-0.1, -0.05) is 41.1 Å². The van der Waals surface area contributed by atoms with Crippen molar-refractivity contribution in [3.05, 3.63) is 58.3 Å². The summed E-state index contributed by atoms with van der Waals surface area (Å²) in [6.45, 7) is 4.91. The second-order valence-electron chi connectivity index (χ2n) is 5.64. The van der Waals surface area contributed by atoms with Gasteiger partial charge in [0.15, 0.2) is 0 Å². The minimum atomic E-state index is 0.661. The van der Waals surface area contributed by atoms with Crippen molar-refractivity contribution in [3.8, 4) is 11.6 Å². The molecule has 0 atom stereocenters. The smallest absolute Gasteiger partial charge is 0.221 e. The third-order valence-electron chi connectivity index (χ3n) is 3.93. The summed E-state index contributed by atoms with van der Waals surface area (Å²) in [5.74, 6) is 2.43. The minimum absolute atomic E-state index is 0.661. The van der Waals surface area contributed by atoms with Crippen LogP contribution in [0.4, 0.5) is 0 Å². The number of imidazole rings is 1. The van der Waals surface area contributed by atoms with E-state index in [-0.39, 0.29) is 0 Å². The number of halogens is 2. The van der Waals surface area contributed by atoms with E-state index in [2.05, 4.69) is 46.4 Å². The molecule has 0 amide bonds. The van der Waals surface area contributed by atoms with Crippen LogP contribution in [0.2, 0.25) is 5.02 Å². The van der Waals surface area contributed by atoms with Crippen LogP contribution >= 0.6 is 34.2 Å². The van der Waals surface area contributed by atoms with Gasteiger partial charge in [0.1, 0.15) is 11.6 Å². The van der Waals surface area contributed by atoms with Crippen LogP contribution in [0.5, 0.6) is 11.6 Å². The first-order chi connectivity index (χ1) is 12.1. The Kier molecular flexibility index (Phi) is 6.01. The van der Waals surface area contributed by atoms with Crippen molar-refractivity contribution in [2.75, 3.05) is 0 Å². The molecule has 0 saturated carbocycles. The highest BCUT2D eigenvalue weighted by atomic mass is 127. The summed E-state index contributed by atoms with van der Waals surface area (Å²) >= 11 is 8.54. The van der Waals surface area contributed by atoms with E-state index in [1.807, 2.05) is 29.1 Å². The summed E-state index contributed by atoms with van der Waals surface area (Å²) in [6.07, 6.45) is 5.08. The lowest BCUT2D eigenvalue weighted by atomic mass is 10.1. The summed E-state index contributed by atoms with van der Waals surface area (Å²) < 4.78 is 9.01. The molecule has 0 spiro atoms. The van der Waals surface area contributed by atoms with Crippen molar-refractivity contribution >= 4 is 34.2 Å². The van der Waals surface area contributed by atoms with Crippen molar-refractivity contribution in [1.82, 2.24) is 19.7 Å². The maximum Gasteiger partial charge on any atom is 0.221 e. The molecule has 7 heteroatoms. The standard InChI is InChI=1S/C18H20ClIN4O/c1-3-15-16(10-17-21-5-6-22-17)23-24(4-2)18(15)25-14-8-12(11-20)7-13(19)9-14/h5-9H,3-4,10-11H2,1-2H3,(H,21,22). The fraction of sp³-hybridized carbons (Fsp3) is 0.333. The van der Waals surface area contributed by atoms with E-state index >= 15 is 0 Å². The van der Waals surface area contributed by atoms with Crippen LogP contribution < -0.4 is 4.74 Å². The Hall–Kier alpha value is -1.54. The number of ether oxygens (including phenoxy) is 1. The monoisotopic (exact) mass is 470 g/mol. The molecule has 0 bridgehead atoms. The number of nitrogens with one attached hydrogen (secondary N) is 1. The van der Waals surface area contributed by atoms with Gasteiger partial charge in [-0.2, -0.15) is 5.10 Å². The fourth-order valence-electron chi connectivity index (χ4n) is 2.78. The van der Waals surface area contributed by atoms with E-state index in [9.17, 15) is 0 Å². The lowest BCUT2D eigenvalue weighted by Gasteiger charge is -2.11. The summed E-state index contributed by atoms with van der Waals surface area (Å²) in [4.78, 5) is 7.44. The number of rotatable bonds is 7. The molecule has 3 rings (SSSR count). The second-order valence-corrected chi connectivity index (χ2v) is 6.84. The Morgan fingerprint density at radius 3 is 2.76 bits per heavy atom. The van der Waals surface area contributed by atoms with Crippen LogP contribution in [0.1, 0.15) is 36.5 Å². The molecule has 0 aliphatic heterocycles. The number of hydrogen-bond acceptors (Lipinski definition) is 3. The molecular formula is C18H20ClIN4O. The zero-order chi connectivity index (χ0) is 17.8. The van der Waals surface area contributed by atoms with Crippen molar-refractivity contribution in [1.29, 1.82) is 0 Å². The number of H-pyrrole nitrogens is 1. The average Bonchev–Trinajstić information content (AvgIpc) is 3.22. The molecule has 2 aromatic heterocycles. The van der Waals surface area contributed by atoms with Gasteiger partial charge in [0.2, 0.25) is 5.88 Å². The minimum Gasteiger partial charge on any atom is -0.439 e. The molecule has 0 aliphatic carbocycles. The van der Waals surface area contributed by atoms with Crippen LogP contribution in [-0.4, -0.2) is 19.7 Å². The van der Waals surface area contributed by atoms with E-state index in [1.165, 1.54) is 0 Å². The molecule has 25 heavy (non-hydrogen) atoms. The summed E-state index contributed by atoms with van der Waals surface area (Å²) in [7, 11) is 0. The van der Waals surface area contributed by atoms with Gasteiger partial charge in [0.25, 0.3) is 0 Å². The highest BCUT2D eigenvalue weighted by molar-refractivity contribution is 14.1. The van der Waals surface area contributed by atoms with Gasteiger partial charge in [-0.05, 0) is 37.1 Å². The molecule has 5 nitrogen and oxygen atoms in total. The quantitative estimate of drug-likeness (QED) is 0.383. The predicted octanol–water partition coefficient (Wildman–Crippen LogP) is 5.16. The number of aryl methyl sites for hydroxylation is 1. The molecule has 3 aromatic rings. The van der Waals surface area contributed by atoms with Crippen LogP contribution in [0.25, 0.3) is 0 Å². The SMILES string of the molecule is CCc1c(Cc2ncc[nH]2)nn(CC)c1Oc1cc(Cl)cc(CI)c1. The molecule has 0 unspecified atom stereocenters. The third kappa shape index (κ3) is 4.17. The Morgan fingerprint density at radius 2 is 2.12 bits per heavy atom. The molecule has 1 N–H and O–H groups in total. The van der Waals surface area contributed by atoms with Crippen LogP contribution in [0.3, 0.4) is 0 Å². The van der Waals surface area contributed by atoms with Gasteiger partial charge in [0, 0.05) is 34.0 Å². The summed E-state index contributed by atoms with van der Waals surface area (Å²) in [5.41, 5.74) is 3.24. The number of benzene rings is 1. The van der Waals surface area contributed by atoms with Gasteiger partial charge in [-0.3, -0.25) is 0 Å². The number of aromatic nitrogens is 4. The first-order valence-electron chi connectivity index (χ1n) is 8.24. The Morgan fingerprint density at radius 1 is 1.28 bits per heavy atom. The normalized spacial score (nSPS) is 11.0. The maximum absolute atomic E-state index is 6.23. The van der Waals surface area contributed by atoms with E-state index in [1.54, 1.807) is 6.20 Å².